The third-order valence-corrected chi connectivity index (χ3v) is 5.57. The molecule has 2 aromatic carbocycles. The largest absolute Gasteiger partial charge is 0.330 e. The van der Waals surface area contributed by atoms with Gasteiger partial charge >= 0.3 is 0 Å². The molecule has 0 unspecified atom stereocenters. The molecule has 144 valence electrons. The number of thioether (sulfide) groups is 1. The first-order valence-electron chi connectivity index (χ1n) is 8.50. The smallest absolute Gasteiger partial charge is 0.237 e. The molecule has 0 aliphatic carbocycles. The second-order valence-corrected chi connectivity index (χ2v) is 8.44. The zero-order valence-electron chi connectivity index (χ0n) is 15.3. The van der Waals surface area contributed by atoms with Gasteiger partial charge < -0.3 is 16.0 Å². The van der Waals surface area contributed by atoms with Crippen LogP contribution in [0.4, 0.5) is 22.2 Å². The van der Waals surface area contributed by atoms with Crippen LogP contribution >= 0.6 is 23.1 Å². The molecule has 0 bridgehead atoms. The van der Waals surface area contributed by atoms with Gasteiger partial charge in [0, 0.05) is 24.0 Å². The second-order valence-electron chi connectivity index (χ2n) is 5.87. The molecule has 3 aromatic rings. The van der Waals surface area contributed by atoms with E-state index in [1.807, 2.05) is 37.3 Å². The van der Waals surface area contributed by atoms with Crippen LogP contribution in [0, 0.1) is 0 Å². The van der Waals surface area contributed by atoms with Crippen molar-refractivity contribution in [3.8, 4) is 0 Å². The van der Waals surface area contributed by atoms with Crippen molar-refractivity contribution in [3.05, 3.63) is 54.6 Å². The summed E-state index contributed by atoms with van der Waals surface area (Å²) in [5, 5.41) is 17.3. The summed E-state index contributed by atoms with van der Waals surface area (Å²) in [5.41, 5.74) is 2.28. The first-order valence-corrected chi connectivity index (χ1v) is 10.2. The van der Waals surface area contributed by atoms with Gasteiger partial charge in [-0.3, -0.25) is 9.59 Å². The van der Waals surface area contributed by atoms with E-state index in [1.54, 1.807) is 24.3 Å². The maximum absolute atomic E-state index is 12.4. The lowest BCUT2D eigenvalue weighted by atomic mass is 10.2. The normalized spacial score (nSPS) is 11.5. The van der Waals surface area contributed by atoms with E-state index in [4.69, 9.17) is 0 Å². The van der Waals surface area contributed by atoms with E-state index >= 15 is 0 Å². The first kappa shape index (κ1) is 19.8. The summed E-state index contributed by atoms with van der Waals surface area (Å²) < 4.78 is 0.710. The standard InChI is InChI=1S/C19H19N5O2S2/c1-12(17(26)21-16-10-8-15(9-11-16)20-13(2)25)27-19-24-23-18(28-19)22-14-6-4-3-5-7-14/h3-12H,1-2H3,(H,20,25)(H,21,26)(H,22,23)/t12-/m1/s1. The van der Waals surface area contributed by atoms with Crippen LogP contribution in [0.3, 0.4) is 0 Å². The van der Waals surface area contributed by atoms with Crippen molar-refractivity contribution in [2.45, 2.75) is 23.4 Å². The van der Waals surface area contributed by atoms with Gasteiger partial charge in [0.15, 0.2) is 4.34 Å². The molecule has 7 nitrogen and oxygen atoms in total. The average Bonchev–Trinajstić information content (AvgIpc) is 3.10. The molecule has 1 aromatic heterocycles. The van der Waals surface area contributed by atoms with Crippen molar-refractivity contribution in [2.75, 3.05) is 16.0 Å². The SMILES string of the molecule is CC(=O)Nc1ccc(NC(=O)[C@@H](C)Sc2nnc(Nc3ccccc3)s2)cc1. The highest BCUT2D eigenvalue weighted by atomic mass is 32.2. The number of hydrogen-bond donors (Lipinski definition) is 3. The minimum absolute atomic E-state index is 0.134. The fraction of sp³-hybridized carbons (Fsp3) is 0.158. The van der Waals surface area contributed by atoms with Crippen molar-refractivity contribution in [3.63, 3.8) is 0 Å². The van der Waals surface area contributed by atoms with Crippen LogP contribution in [-0.2, 0) is 9.59 Å². The molecule has 3 N–H and O–H groups in total. The molecule has 0 saturated carbocycles. The third kappa shape index (κ3) is 5.80. The number of anilines is 4. The highest BCUT2D eigenvalue weighted by Crippen LogP contribution is 2.30. The summed E-state index contributed by atoms with van der Waals surface area (Å²) >= 11 is 2.75. The summed E-state index contributed by atoms with van der Waals surface area (Å²) in [7, 11) is 0. The van der Waals surface area contributed by atoms with E-state index < -0.39 is 0 Å². The highest BCUT2D eigenvalue weighted by molar-refractivity contribution is 8.02. The lowest BCUT2D eigenvalue weighted by Crippen LogP contribution is -2.22. The first-order chi connectivity index (χ1) is 13.5. The number of amides is 2. The molecule has 2 amide bonds. The summed E-state index contributed by atoms with van der Waals surface area (Å²) in [5.74, 6) is -0.273. The van der Waals surface area contributed by atoms with Gasteiger partial charge in [0.1, 0.15) is 0 Å². The summed E-state index contributed by atoms with van der Waals surface area (Å²) in [4.78, 5) is 23.5. The number of hydrogen-bond acceptors (Lipinski definition) is 7. The predicted molar refractivity (Wildman–Crippen MR) is 114 cm³/mol. The number of aromatic nitrogens is 2. The zero-order chi connectivity index (χ0) is 19.9. The van der Waals surface area contributed by atoms with Gasteiger partial charge in [0.05, 0.1) is 5.25 Å². The van der Waals surface area contributed by atoms with Crippen molar-refractivity contribution >= 4 is 57.1 Å². The summed E-state index contributed by atoms with van der Waals surface area (Å²) in [6, 6.07) is 16.7. The minimum Gasteiger partial charge on any atom is -0.330 e. The lowest BCUT2D eigenvalue weighted by molar-refractivity contribution is -0.115. The van der Waals surface area contributed by atoms with E-state index in [1.165, 1.54) is 30.0 Å². The van der Waals surface area contributed by atoms with Crippen LogP contribution in [-0.4, -0.2) is 27.3 Å². The van der Waals surface area contributed by atoms with E-state index in [-0.39, 0.29) is 17.1 Å². The number of rotatable bonds is 7. The molecular formula is C19H19N5O2S2. The topological polar surface area (TPSA) is 96.0 Å². The predicted octanol–water partition coefficient (Wildman–Crippen LogP) is 4.36. The molecule has 0 aliphatic heterocycles. The van der Waals surface area contributed by atoms with Gasteiger partial charge in [-0.25, -0.2) is 0 Å². The van der Waals surface area contributed by atoms with Crippen LogP contribution < -0.4 is 16.0 Å². The van der Waals surface area contributed by atoms with Gasteiger partial charge in [-0.05, 0) is 43.3 Å². The number of carbonyl (C=O) groups is 2. The molecule has 1 atom stereocenters. The molecule has 0 aliphatic rings. The van der Waals surface area contributed by atoms with Gasteiger partial charge in [-0.1, -0.05) is 41.3 Å². The van der Waals surface area contributed by atoms with Crippen LogP contribution in [0.15, 0.2) is 58.9 Å². The Morgan fingerprint density at radius 1 is 0.929 bits per heavy atom. The van der Waals surface area contributed by atoms with Crippen LogP contribution in [0.2, 0.25) is 0 Å². The number of carbonyl (C=O) groups excluding carboxylic acids is 2. The van der Waals surface area contributed by atoms with E-state index in [9.17, 15) is 9.59 Å². The Labute approximate surface area is 171 Å². The number of para-hydroxylation sites is 1. The summed E-state index contributed by atoms with van der Waals surface area (Å²) in [6.45, 7) is 3.26. The quantitative estimate of drug-likeness (QED) is 0.498. The Bertz CT molecular complexity index is 944. The Kier molecular flexibility index (Phi) is 6.62. The fourth-order valence-corrected chi connectivity index (χ4v) is 4.16. The number of nitrogens with one attached hydrogen (secondary N) is 3. The average molecular weight is 414 g/mol. The van der Waals surface area contributed by atoms with Gasteiger partial charge in [-0.15, -0.1) is 10.2 Å². The van der Waals surface area contributed by atoms with Gasteiger partial charge in [-0.2, -0.15) is 0 Å². The molecule has 28 heavy (non-hydrogen) atoms. The molecule has 3 rings (SSSR count). The van der Waals surface area contributed by atoms with Crippen molar-refractivity contribution in [2.24, 2.45) is 0 Å². The maximum Gasteiger partial charge on any atom is 0.237 e. The van der Waals surface area contributed by atoms with Crippen molar-refractivity contribution < 1.29 is 9.59 Å². The monoisotopic (exact) mass is 413 g/mol. The molecule has 0 radical (unpaired) electrons. The molecular weight excluding hydrogens is 394 g/mol. The molecule has 0 fully saturated rings. The minimum atomic E-state index is -0.340. The molecule has 9 heteroatoms. The van der Waals surface area contributed by atoms with Crippen LogP contribution in [0.5, 0.6) is 0 Å². The second kappa shape index (κ2) is 9.34. The Morgan fingerprint density at radius 3 is 2.21 bits per heavy atom. The van der Waals surface area contributed by atoms with E-state index in [0.717, 1.165) is 5.69 Å². The number of benzene rings is 2. The van der Waals surface area contributed by atoms with Crippen LogP contribution in [0.25, 0.3) is 0 Å². The molecule has 0 spiro atoms. The van der Waals surface area contributed by atoms with Gasteiger partial charge in [0.2, 0.25) is 16.9 Å². The fourth-order valence-electron chi connectivity index (χ4n) is 2.24. The van der Waals surface area contributed by atoms with E-state index in [2.05, 4.69) is 26.1 Å². The van der Waals surface area contributed by atoms with Gasteiger partial charge in [0.25, 0.3) is 0 Å². The maximum atomic E-state index is 12.4. The van der Waals surface area contributed by atoms with E-state index in [0.29, 0.717) is 20.8 Å². The van der Waals surface area contributed by atoms with Crippen LogP contribution in [0.1, 0.15) is 13.8 Å². The number of nitrogens with zero attached hydrogens (tertiary/aromatic N) is 2. The zero-order valence-corrected chi connectivity index (χ0v) is 16.9. The molecule has 0 saturated heterocycles. The van der Waals surface area contributed by atoms with Crippen molar-refractivity contribution in [1.82, 2.24) is 10.2 Å². The summed E-state index contributed by atoms with van der Waals surface area (Å²) in [6.07, 6.45) is 0. The molecule has 1 heterocycles. The Balaban J connectivity index is 1.53. The third-order valence-electron chi connectivity index (χ3n) is 3.55. The van der Waals surface area contributed by atoms with Crippen molar-refractivity contribution in [1.29, 1.82) is 0 Å². The Hall–Kier alpha value is -2.91. The highest BCUT2D eigenvalue weighted by Gasteiger charge is 2.17. The Morgan fingerprint density at radius 2 is 1.57 bits per heavy atom. The lowest BCUT2D eigenvalue weighted by Gasteiger charge is -2.11.